The van der Waals surface area contributed by atoms with Gasteiger partial charge in [-0.05, 0) is 68.4 Å². The van der Waals surface area contributed by atoms with E-state index >= 15 is 0 Å². The van der Waals surface area contributed by atoms with Gasteiger partial charge < -0.3 is 15.6 Å². The van der Waals surface area contributed by atoms with E-state index < -0.39 is 15.1 Å². The molecule has 1 amide bonds. The third-order valence-corrected chi connectivity index (χ3v) is 9.80. The zero-order chi connectivity index (χ0) is 25.9. The standard InChI is InChI=1S/C28H29N5O3S/c1-16(2)37(35,36)22-8-4-17(5-9-22)24-13-30-27-26(32-24)25(14-31-27)33-15-20-11-18(6-10-23(20)28(33)34)19-3-7-21(29)12-19/h4-6,8-11,13-14,16,19,21H,3,7,12,15,29H2,1-2H3,(H,30,31)/t19?,21-/m1/s1. The van der Waals surface area contributed by atoms with Crippen LogP contribution in [0.1, 0.15) is 60.5 Å². The van der Waals surface area contributed by atoms with Gasteiger partial charge in [-0.2, -0.15) is 0 Å². The van der Waals surface area contributed by atoms with E-state index in [2.05, 4.69) is 22.1 Å². The Kier molecular flexibility index (Phi) is 5.65. The molecule has 1 unspecified atom stereocenters. The van der Waals surface area contributed by atoms with Gasteiger partial charge in [0.1, 0.15) is 5.52 Å². The van der Waals surface area contributed by atoms with Crippen molar-refractivity contribution in [2.24, 2.45) is 5.73 Å². The van der Waals surface area contributed by atoms with Crippen LogP contribution in [-0.4, -0.2) is 40.6 Å². The van der Waals surface area contributed by atoms with Crippen molar-refractivity contribution in [2.75, 3.05) is 4.90 Å². The van der Waals surface area contributed by atoms with Crippen LogP contribution in [0.25, 0.3) is 22.4 Å². The lowest BCUT2D eigenvalue weighted by Gasteiger charge is -2.14. The second-order valence-electron chi connectivity index (χ2n) is 10.3. The molecule has 0 radical (unpaired) electrons. The predicted octanol–water partition coefficient (Wildman–Crippen LogP) is 4.56. The van der Waals surface area contributed by atoms with Crippen LogP contribution in [-0.2, 0) is 16.4 Å². The molecule has 8 nitrogen and oxygen atoms in total. The monoisotopic (exact) mass is 515 g/mol. The Morgan fingerprint density at radius 3 is 2.59 bits per heavy atom. The van der Waals surface area contributed by atoms with Gasteiger partial charge in [0.25, 0.3) is 5.91 Å². The molecule has 190 valence electrons. The number of carbonyl (C=O) groups is 1. The Morgan fingerprint density at radius 2 is 1.89 bits per heavy atom. The normalized spacial score (nSPS) is 19.8. The molecule has 1 aliphatic heterocycles. The summed E-state index contributed by atoms with van der Waals surface area (Å²) >= 11 is 0. The largest absolute Gasteiger partial charge is 0.343 e. The minimum absolute atomic E-state index is 0.0546. The van der Waals surface area contributed by atoms with E-state index in [9.17, 15) is 13.2 Å². The lowest BCUT2D eigenvalue weighted by Crippen LogP contribution is -2.22. The molecule has 3 N–H and O–H groups in total. The van der Waals surface area contributed by atoms with Crippen molar-refractivity contribution in [3.05, 3.63) is 71.5 Å². The summed E-state index contributed by atoms with van der Waals surface area (Å²) in [6, 6.07) is 13.1. The molecule has 0 saturated heterocycles. The molecule has 6 rings (SSSR count). The first-order valence-corrected chi connectivity index (χ1v) is 14.2. The molecule has 37 heavy (non-hydrogen) atoms. The zero-order valence-corrected chi connectivity index (χ0v) is 21.6. The SMILES string of the molecule is CC(C)S(=O)(=O)c1ccc(-c2cnc3[nH]cc(N4Cc5cc(C6CC[C@@H](N)C6)ccc5C4=O)c3n2)cc1. The number of amides is 1. The van der Waals surface area contributed by atoms with Crippen LogP contribution in [0.2, 0.25) is 0 Å². The van der Waals surface area contributed by atoms with Crippen LogP contribution in [0.15, 0.2) is 59.8 Å². The molecule has 1 fully saturated rings. The van der Waals surface area contributed by atoms with E-state index in [0.717, 1.165) is 30.4 Å². The second kappa shape index (κ2) is 8.78. The number of rotatable bonds is 5. The van der Waals surface area contributed by atoms with Crippen molar-refractivity contribution >= 4 is 32.6 Å². The first-order valence-electron chi connectivity index (χ1n) is 12.6. The fourth-order valence-corrected chi connectivity index (χ4v) is 6.48. The summed E-state index contributed by atoms with van der Waals surface area (Å²) in [4.78, 5) is 27.8. The molecule has 3 heterocycles. The number of carbonyl (C=O) groups excluding carboxylic acids is 1. The Morgan fingerprint density at radius 1 is 1.11 bits per heavy atom. The summed E-state index contributed by atoms with van der Waals surface area (Å²) in [5.74, 6) is 0.397. The molecule has 1 saturated carbocycles. The highest BCUT2D eigenvalue weighted by atomic mass is 32.2. The molecule has 4 aromatic rings. The number of aromatic amines is 1. The minimum Gasteiger partial charge on any atom is -0.343 e. The van der Waals surface area contributed by atoms with Crippen LogP contribution in [0.3, 0.4) is 0 Å². The topological polar surface area (TPSA) is 122 Å². The highest BCUT2D eigenvalue weighted by Crippen LogP contribution is 2.38. The van der Waals surface area contributed by atoms with Gasteiger partial charge in [0.05, 0.1) is 34.3 Å². The molecule has 0 bridgehead atoms. The van der Waals surface area contributed by atoms with Gasteiger partial charge in [-0.15, -0.1) is 0 Å². The molecule has 0 spiro atoms. The fourth-order valence-electron chi connectivity index (χ4n) is 5.42. The number of H-pyrrole nitrogens is 1. The predicted molar refractivity (Wildman–Crippen MR) is 143 cm³/mol. The maximum atomic E-state index is 13.4. The van der Waals surface area contributed by atoms with E-state index in [1.807, 2.05) is 6.07 Å². The molecule has 9 heteroatoms. The van der Waals surface area contributed by atoms with Crippen molar-refractivity contribution < 1.29 is 13.2 Å². The Balaban J connectivity index is 1.31. The van der Waals surface area contributed by atoms with Gasteiger partial charge in [-0.25, -0.2) is 18.4 Å². The number of nitrogens with one attached hydrogen (secondary N) is 1. The fraction of sp³-hybridized carbons (Fsp3) is 0.321. The number of anilines is 1. The van der Waals surface area contributed by atoms with Gasteiger partial charge in [-0.3, -0.25) is 4.79 Å². The summed E-state index contributed by atoms with van der Waals surface area (Å²) < 4.78 is 24.9. The molecule has 2 atom stereocenters. The zero-order valence-electron chi connectivity index (χ0n) is 20.8. The summed E-state index contributed by atoms with van der Waals surface area (Å²) in [6.07, 6.45) is 6.53. The van der Waals surface area contributed by atoms with Crippen LogP contribution in [0.4, 0.5) is 5.69 Å². The maximum Gasteiger partial charge on any atom is 0.259 e. The van der Waals surface area contributed by atoms with Crippen molar-refractivity contribution in [2.45, 2.75) is 61.8 Å². The van der Waals surface area contributed by atoms with E-state index in [1.165, 1.54) is 5.56 Å². The average Bonchev–Trinajstić information content (AvgIpc) is 3.60. The first-order chi connectivity index (χ1) is 17.7. The van der Waals surface area contributed by atoms with Crippen molar-refractivity contribution in [3.63, 3.8) is 0 Å². The van der Waals surface area contributed by atoms with Gasteiger partial charge in [-0.1, -0.05) is 24.3 Å². The summed E-state index contributed by atoms with van der Waals surface area (Å²) in [5.41, 5.74) is 12.3. The van der Waals surface area contributed by atoms with Crippen molar-refractivity contribution in [1.29, 1.82) is 0 Å². The number of nitrogens with zero attached hydrogens (tertiary/aromatic N) is 3. The molecule has 1 aliphatic carbocycles. The number of hydrogen-bond donors (Lipinski definition) is 2. The Labute approximate surface area is 215 Å². The summed E-state index contributed by atoms with van der Waals surface area (Å²) in [7, 11) is -3.35. The van der Waals surface area contributed by atoms with E-state index in [4.69, 9.17) is 10.7 Å². The van der Waals surface area contributed by atoms with Crippen LogP contribution in [0.5, 0.6) is 0 Å². The van der Waals surface area contributed by atoms with Gasteiger partial charge in [0.15, 0.2) is 15.5 Å². The smallest absolute Gasteiger partial charge is 0.259 e. The molecule has 2 aromatic carbocycles. The molecular weight excluding hydrogens is 486 g/mol. The third-order valence-electron chi connectivity index (χ3n) is 7.63. The molecular formula is C28H29N5O3S. The average molecular weight is 516 g/mol. The first kappa shape index (κ1) is 23.8. The van der Waals surface area contributed by atoms with E-state index in [0.29, 0.717) is 40.6 Å². The number of nitrogens with two attached hydrogens (primary N) is 1. The number of hydrogen-bond acceptors (Lipinski definition) is 6. The van der Waals surface area contributed by atoms with Gasteiger partial charge in [0.2, 0.25) is 0 Å². The number of fused-ring (bicyclic) bond motifs is 2. The number of sulfone groups is 1. The highest BCUT2D eigenvalue weighted by Gasteiger charge is 2.32. The second-order valence-corrected chi connectivity index (χ2v) is 12.8. The van der Waals surface area contributed by atoms with Crippen molar-refractivity contribution in [3.8, 4) is 11.3 Å². The quantitative estimate of drug-likeness (QED) is 0.402. The van der Waals surface area contributed by atoms with Gasteiger partial charge in [0, 0.05) is 23.4 Å². The summed E-state index contributed by atoms with van der Waals surface area (Å²) in [5, 5.41) is -0.495. The van der Waals surface area contributed by atoms with Crippen LogP contribution < -0.4 is 10.6 Å². The van der Waals surface area contributed by atoms with E-state index in [1.54, 1.807) is 55.4 Å². The Bertz CT molecular complexity index is 1630. The number of aromatic nitrogens is 3. The van der Waals surface area contributed by atoms with Crippen LogP contribution in [0, 0.1) is 0 Å². The number of benzene rings is 2. The lowest BCUT2D eigenvalue weighted by atomic mass is 9.94. The van der Waals surface area contributed by atoms with Crippen molar-refractivity contribution in [1.82, 2.24) is 15.0 Å². The van der Waals surface area contributed by atoms with E-state index in [-0.39, 0.29) is 16.8 Å². The highest BCUT2D eigenvalue weighted by molar-refractivity contribution is 7.92. The Hall–Kier alpha value is -3.56. The lowest BCUT2D eigenvalue weighted by molar-refractivity contribution is 0.0997. The maximum absolute atomic E-state index is 13.4. The van der Waals surface area contributed by atoms with Gasteiger partial charge >= 0.3 is 0 Å². The summed E-state index contributed by atoms with van der Waals surface area (Å²) in [6.45, 7) is 3.80. The molecule has 2 aromatic heterocycles. The third kappa shape index (κ3) is 4.02. The van der Waals surface area contributed by atoms with Crippen LogP contribution >= 0.6 is 0 Å². The molecule has 2 aliphatic rings. The minimum atomic E-state index is -3.35.